The summed E-state index contributed by atoms with van der Waals surface area (Å²) in [5.41, 5.74) is 1.51. The van der Waals surface area contributed by atoms with E-state index in [9.17, 15) is 10.1 Å². The molecule has 0 aliphatic heterocycles. The molecule has 3 aromatic rings. The van der Waals surface area contributed by atoms with Crippen molar-refractivity contribution < 1.29 is 4.79 Å². The standard InChI is InChI=1S/C19H15Cl2N5OS/c1-2-28-18-14(11-22)17(26(25-18)13-6-4-3-5-7-13)24-19(27)23-12-8-9-15(20)16(21)10-12/h3-10H,2H2,1H3,(H2,23,24,27). The fourth-order valence-electron chi connectivity index (χ4n) is 2.45. The second kappa shape index (κ2) is 9.02. The van der Waals surface area contributed by atoms with Gasteiger partial charge in [-0.3, -0.25) is 5.32 Å². The molecule has 2 aromatic carbocycles. The van der Waals surface area contributed by atoms with Crippen LogP contribution in [0, 0.1) is 11.3 Å². The van der Waals surface area contributed by atoms with E-state index in [1.165, 1.54) is 11.8 Å². The third-order valence-corrected chi connectivity index (χ3v) is 5.24. The van der Waals surface area contributed by atoms with E-state index in [4.69, 9.17) is 23.2 Å². The number of para-hydroxylation sites is 1. The number of hydrogen-bond acceptors (Lipinski definition) is 4. The largest absolute Gasteiger partial charge is 0.324 e. The molecule has 3 rings (SSSR count). The Labute approximate surface area is 176 Å². The number of nitriles is 1. The van der Waals surface area contributed by atoms with Crippen LogP contribution in [0.1, 0.15) is 12.5 Å². The van der Waals surface area contributed by atoms with Crippen molar-refractivity contribution in [2.45, 2.75) is 11.9 Å². The van der Waals surface area contributed by atoms with E-state index < -0.39 is 6.03 Å². The highest BCUT2D eigenvalue weighted by atomic mass is 35.5. The molecule has 9 heteroatoms. The third kappa shape index (κ3) is 4.42. The number of rotatable bonds is 5. The van der Waals surface area contributed by atoms with Crippen LogP contribution in [0.25, 0.3) is 5.69 Å². The minimum absolute atomic E-state index is 0.294. The zero-order chi connectivity index (χ0) is 20.1. The second-order valence-corrected chi connectivity index (χ2v) is 7.60. The number of aromatic nitrogens is 2. The first-order valence-corrected chi connectivity index (χ1v) is 10.0. The Bertz CT molecular complexity index is 1050. The molecule has 142 valence electrons. The molecular weight excluding hydrogens is 417 g/mol. The maximum atomic E-state index is 12.5. The first kappa shape index (κ1) is 20.1. The van der Waals surface area contributed by atoms with E-state index in [2.05, 4.69) is 21.8 Å². The molecule has 0 fully saturated rings. The summed E-state index contributed by atoms with van der Waals surface area (Å²) >= 11 is 13.3. The number of thioether (sulfide) groups is 1. The lowest BCUT2D eigenvalue weighted by Crippen LogP contribution is -2.22. The number of carbonyl (C=O) groups is 1. The summed E-state index contributed by atoms with van der Waals surface area (Å²) < 4.78 is 1.55. The van der Waals surface area contributed by atoms with Crippen LogP contribution in [-0.4, -0.2) is 21.6 Å². The number of nitrogens with one attached hydrogen (secondary N) is 2. The van der Waals surface area contributed by atoms with Crippen LogP contribution in [0.3, 0.4) is 0 Å². The van der Waals surface area contributed by atoms with Crippen LogP contribution >= 0.6 is 35.0 Å². The Morgan fingerprint density at radius 3 is 2.57 bits per heavy atom. The molecule has 1 heterocycles. The number of anilines is 2. The normalized spacial score (nSPS) is 10.4. The average Bonchev–Trinajstić information content (AvgIpc) is 3.02. The first-order valence-electron chi connectivity index (χ1n) is 8.28. The Kier molecular flexibility index (Phi) is 6.47. The number of halogens is 2. The van der Waals surface area contributed by atoms with Gasteiger partial charge in [0.25, 0.3) is 0 Å². The number of amides is 2. The van der Waals surface area contributed by atoms with E-state index in [1.807, 2.05) is 37.3 Å². The summed E-state index contributed by atoms with van der Waals surface area (Å²) in [5.74, 6) is 1.04. The van der Waals surface area contributed by atoms with Crippen LogP contribution in [-0.2, 0) is 0 Å². The Morgan fingerprint density at radius 2 is 1.93 bits per heavy atom. The maximum absolute atomic E-state index is 12.5. The number of nitrogens with zero attached hydrogens (tertiary/aromatic N) is 3. The average molecular weight is 432 g/mol. The van der Waals surface area contributed by atoms with Crippen molar-refractivity contribution in [1.82, 2.24) is 9.78 Å². The van der Waals surface area contributed by atoms with Gasteiger partial charge in [0.2, 0.25) is 0 Å². The summed E-state index contributed by atoms with van der Waals surface area (Å²) in [7, 11) is 0. The van der Waals surface area contributed by atoms with Gasteiger partial charge in [0.1, 0.15) is 16.7 Å². The van der Waals surface area contributed by atoms with Crippen LogP contribution in [0.15, 0.2) is 53.6 Å². The van der Waals surface area contributed by atoms with Crippen molar-refractivity contribution in [3.05, 3.63) is 64.1 Å². The van der Waals surface area contributed by atoms with Crippen LogP contribution in [0.4, 0.5) is 16.3 Å². The molecule has 0 atom stereocenters. The molecular formula is C19H15Cl2N5OS. The lowest BCUT2D eigenvalue weighted by Gasteiger charge is -2.11. The van der Waals surface area contributed by atoms with Gasteiger partial charge < -0.3 is 5.32 Å². The predicted molar refractivity (Wildman–Crippen MR) is 114 cm³/mol. The summed E-state index contributed by atoms with van der Waals surface area (Å²) in [4.78, 5) is 12.5. The van der Waals surface area contributed by atoms with Crippen LogP contribution < -0.4 is 10.6 Å². The van der Waals surface area contributed by atoms with Crippen molar-refractivity contribution in [2.24, 2.45) is 0 Å². The molecule has 0 unspecified atom stereocenters. The smallest absolute Gasteiger partial charge is 0.308 e. The monoisotopic (exact) mass is 431 g/mol. The molecule has 0 saturated heterocycles. The molecule has 6 nitrogen and oxygen atoms in total. The van der Waals surface area contributed by atoms with Crippen molar-refractivity contribution in [3.8, 4) is 11.8 Å². The summed E-state index contributed by atoms with van der Waals surface area (Å²) in [5, 5.41) is 20.8. The third-order valence-electron chi connectivity index (χ3n) is 3.66. The topological polar surface area (TPSA) is 82.7 Å². The molecule has 0 saturated carbocycles. The molecule has 28 heavy (non-hydrogen) atoms. The van der Waals surface area contributed by atoms with Crippen molar-refractivity contribution in [2.75, 3.05) is 16.4 Å². The lowest BCUT2D eigenvalue weighted by molar-refractivity contribution is 0.262. The number of carbonyl (C=O) groups excluding carboxylic acids is 1. The molecule has 0 aliphatic rings. The maximum Gasteiger partial charge on any atom is 0.324 e. The van der Waals surface area contributed by atoms with Gasteiger partial charge >= 0.3 is 6.03 Å². The van der Waals surface area contributed by atoms with Crippen LogP contribution in [0.2, 0.25) is 10.0 Å². The molecule has 0 spiro atoms. The minimum atomic E-state index is -0.528. The lowest BCUT2D eigenvalue weighted by atomic mass is 10.3. The molecule has 1 aromatic heterocycles. The first-order chi connectivity index (χ1) is 13.5. The van der Waals surface area contributed by atoms with E-state index in [-0.39, 0.29) is 0 Å². The fraction of sp³-hybridized carbons (Fsp3) is 0.105. The molecule has 0 bridgehead atoms. The molecule has 2 amide bonds. The number of benzene rings is 2. The quantitative estimate of drug-likeness (QED) is 0.499. The van der Waals surface area contributed by atoms with Gasteiger partial charge in [-0.2, -0.15) is 10.4 Å². The van der Waals surface area contributed by atoms with Gasteiger partial charge in [-0.25, -0.2) is 9.48 Å². The molecule has 2 N–H and O–H groups in total. The van der Waals surface area contributed by atoms with Gasteiger partial charge in [-0.1, -0.05) is 48.3 Å². The van der Waals surface area contributed by atoms with E-state index in [0.717, 1.165) is 11.4 Å². The Morgan fingerprint density at radius 1 is 1.18 bits per heavy atom. The van der Waals surface area contributed by atoms with Crippen molar-refractivity contribution in [1.29, 1.82) is 5.26 Å². The summed E-state index contributed by atoms with van der Waals surface area (Å²) in [6.45, 7) is 1.97. The van der Waals surface area contributed by atoms with E-state index in [1.54, 1.807) is 22.9 Å². The number of hydrogen-bond donors (Lipinski definition) is 2. The highest BCUT2D eigenvalue weighted by Gasteiger charge is 2.21. The Balaban J connectivity index is 1.94. The fourth-order valence-corrected chi connectivity index (χ4v) is 3.45. The van der Waals surface area contributed by atoms with Crippen LogP contribution in [0.5, 0.6) is 0 Å². The highest BCUT2D eigenvalue weighted by Crippen LogP contribution is 2.30. The Hall–Kier alpha value is -2.66. The minimum Gasteiger partial charge on any atom is -0.308 e. The van der Waals surface area contributed by atoms with E-state index in [0.29, 0.717) is 32.1 Å². The van der Waals surface area contributed by atoms with E-state index >= 15 is 0 Å². The zero-order valence-electron chi connectivity index (χ0n) is 14.7. The molecule has 0 aliphatic carbocycles. The summed E-state index contributed by atoms with van der Waals surface area (Å²) in [6.07, 6.45) is 0. The zero-order valence-corrected chi connectivity index (χ0v) is 17.1. The second-order valence-electron chi connectivity index (χ2n) is 5.53. The van der Waals surface area contributed by atoms with Crippen molar-refractivity contribution in [3.63, 3.8) is 0 Å². The number of urea groups is 1. The molecule has 0 radical (unpaired) electrons. The van der Waals surface area contributed by atoms with Gasteiger partial charge in [-0.15, -0.1) is 11.8 Å². The summed E-state index contributed by atoms with van der Waals surface area (Å²) in [6, 6.07) is 15.7. The van der Waals surface area contributed by atoms with Gasteiger partial charge in [0, 0.05) is 5.69 Å². The SMILES string of the molecule is CCSc1nn(-c2ccccc2)c(NC(=O)Nc2ccc(Cl)c(Cl)c2)c1C#N. The van der Waals surface area contributed by atoms with Gasteiger partial charge in [-0.05, 0) is 36.1 Å². The van der Waals surface area contributed by atoms with Crippen molar-refractivity contribution >= 4 is 52.5 Å². The van der Waals surface area contributed by atoms with Gasteiger partial charge in [0.15, 0.2) is 5.82 Å². The van der Waals surface area contributed by atoms with Gasteiger partial charge in [0.05, 0.1) is 15.7 Å². The predicted octanol–water partition coefficient (Wildman–Crippen LogP) is 5.81. The highest BCUT2D eigenvalue weighted by molar-refractivity contribution is 7.99.